The van der Waals surface area contributed by atoms with E-state index in [4.69, 9.17) is 4.74 Å². The minimum atomic E-state index is -0.419. The molecule has 2 atom stereocenters. The number of ether oxygens (including phenoxy) is 1. The Morgan fingerprint density at radius 3 is 2.37 bits per heavy atom. The molecule has 4 rings (SSSR count). The van der Waals surface area contributed by atoms with Crippen molar-refractivity contribution < 1.29 is 4.74 Å². The summed E-state index contributed by atoms with van der Waals surface area (Å²) in [5, 5.41) is 0. The predicted molar refractivity (Wildman–Crippen MR) is 103 cm³/mol. The second kappa shape index (κ2) is 7.87. The van der Waals surface area contributed by atoms with E-state index in [9.17, 15) is 9.59 Å². The fourth-order valence-electron chi connectivity index (χ4n) is 4.87. The van der Waals surface area contributed by atoms with Gasteiger partial charge < -0.3 is 4.74 Å². The van der Waals surface area contributed by atoms with Crippen molar-refractivity contribution in [3.8, 4) is 0 Å². The molecule has 1 aromatic heterocycles. The Morgan fingerprint density at radius 1 is 1.04 bits per heavy atom. The van der Waals surface area contributed by atoms with Crippen molar-refractivity contribution in [1.82, 2.24) is 19.0 Å². The van der Waals surface area contributed by atoms with Crippen LogP contribution in [0, 0.1) is 12.8 Å². The summed E-state index contributed by atoms with van der Waals surface area (Å²) >= 11 is 0. The van der Waals surface area contributed by atoms with E-state index >= 15 is 0 Å². The quantitative estimate of drug-likeness (QED) is 0.688. The van der Waals surface area contributed by atoms with Gasteiger partial charge in [0.15, 0.2) is 0 Å². The highest BCUT2D eigenvalue weighted by molar-refractivity contribution is 4.96. The topological polar surface area (TPSA) is 69.4 Å². The molecule has 2 unspecified atom stereocenters. The molecular formula is C20H32N4O3. The van der Waals surface area contributed by atoms with Crippen molar-refractivity contribution in [1.29, 1.82) is 0 Å². The maximum Gasteiger partial charge on any atom is 0.353 e. The van der Waals surface area contributed by atoms with E-state index < -0.39 is 5.69 Å². The zero-order valence-electron chi connectivity index (χ0n) is 16.6. The summed E-state index contributed by atoms with van der Waals surface area (Å²) in [5.74, 6) is 1.32. The lowest BCUT2D eigenvalue weighted by Gasteiger charge is -2.39. The molecule has 7 heteroatoms. The van der Waals surface area contributed by atoms with Crippen molar-refractivity contribution >= 4 is 0 Å². The van der Waals surface area contributed by atoms with Gasteiger partial charge in [-0.05, 0) is 64.7 Å². The Bertz CT molecular complexity index is 768. The summed E-state index contributed by atoms with van der Waals surface area (Å²) in [5.41, 5.74) is -0.650. The van der Waals surface area contributed by atoms with Gasteiger partial charge in [0.25, 0.3) is 0 Å². The molecule has 2 bridgehead atoms. The summed E-state index contributed by atoms with van der Waals surface area (Å²) in [6.45, 7) is 6.49. The van der Waals surface area contributed by atoms with Gasteiger partial charge in [-0.15, -0.1) is 0 Å². The van der Waals surface area contributed by atoms with Gasteiger partial charge in [0.2, 0.25) is 0 Å². The first-order valence-corrected chi connectivity index (χ1v) is 10.6. The van der Waals surface area contributed by atoms with Crippen LogP contribution < -0.4 is 11.4 Å². The second-order valence-corrected chi connectivity index (χ2v) is 8.47. The minimum absolute atomic E-state index is 0.231. The SMILES string of the molecule is CCn1c(C)nc(=O)n(CCCN2C3CCC2CC(OCC2CC2)C3)c1=O. The third-order valence-electron chi connectivity index (χ3n) is 6.56. The Labute approximate surface area is 160 Å². The summed E-state index contributed by atoms with van der Waals surface area (Å²) < 4.78 is 9.01. The van der Waals surface area contributed by atoms with Crippen molar-refractivity contribution in [3.05, 3.63) is 26.8 Å². The zero-order chi connectivity index (χ0) is 19.0. The standard InChI is InChI=1S/C20H32N4O3/c1-3-22-14(2)21-19(25)24(20(22)26)10-4-9-23-16-7-8-17(23)12-18(11-16)27-13-15-5-6-15/h15-18H,3-13H2,1-2H3. The Kier molecular flexibility index (Phi) is 5.50. The first kappa shape index (κ1) is 18.9. The summed E-state index contributed by atoms with van der Waals surface area (Å²) in [6.07, 6.45) is 8.71. The number of fused-ring (bicyclic) bond motifs is 2. The van der Waals surface area contributed by atoms with Crippen LogP contribution in [-0.4, -0.2) is 50.4 Å². The van der Waals surface area contributed by atoms with Crippen LogP contribution in [-0.2, 0) is 17.8 Å². The third-order valence-corrected chi connectivity index (χ3v) is 6.56. The van der Waals surface area contributed by atoms with Crippen LogP contribution in [0.3, 0.4) is 0 Å². The van der Waals surface area contributed by atoms with Crippen LogP contribution in [0.5, 0.6) is 0 Å². The maximum absolute atomic E-state index is 12.5. The Hall–Kier alpha value is -1.47. The maximum atomic E-state index is 12.5. The molecule has 2 aliphatic heterocycles. The van der Waals surface area contributed by atoms with E-state index in [1.165, 1.54) is 30.3 Å². The lowest BCUT2D eigenvalue weighted by Crippen LogP contribution is -2.47. The van der Waals surface area contributed by atoms with Gasteiger partial charge >= 0.3 is 11.4 Å². The fraction of sp³-hybridized carbons (Fsp3) is 0.850. The van der Waals surface area contributed by atoms with Crippen LogP contribution in [0.4, 0.5) is 0 Å². The van der Waals surface area contributed by atoms with Crippen LogP contribution >= 0.6 is 0 Å². The predicted octanol–water partition coefficient (Wildman–Crippen LogP) is 1.55. The fourth-order valence-corrected chi connectivity index (χ4v) is 4.87. The summed E-state index contributed by atoms with van der Waals surface area (Å²) in [6, 6.07) is 1.21. The number of rotatable bonds is 8. The van der Waals surface area contributed by atoms with Crippen LogP contribution in [0.1, 0.15) is 57.7 Å². The molecule has 0 N–H and O–H groups in total. The van der Waals surface area contributed by atoms with E-state index in [0.717, 1.165) is 38.3 Å². The van der Waals surface area contributed by atoms with E-state index in [1.54, 1.807) is 11.5 Å². The van der Waals surface area contributed by atoms with Crippen LogP contribution in [0.15, 0.2) is 9.59 Å². The van der Waals surface area contributed by atoms with Crippen LogP contribution in [0.25, 0.3) is 0 Å². The normalized spacial score (nSPS) is 28.0. The average molecular weight is 377 g/mol. The van der Waals surface area contributed by atoms with Gasteiger partial charge in [-0.25, -0.2) is 14.2 Å². The number of aryl methyl sites for hydroxylation is 1. The van der Waals surface area contributed by atoms with Gasteiger partial charge in [-0.1, -0.05) is 0 Å². The largest absolute Gasteiger partial charge is 0.378 e. The second-order valence-electron chi connectivity index (χ2n) is 8.47. The van der Waals surface area contributed by atoms with Crippen molar-refractivity contribution in [2.24, 2.45) is 5.92 Å². The van der Waals surface area contributed by atoms with Gasteiger partial charge in [-0.3, -0.25) is 9.47 Å². The highest BCUT2D eigenvalue weighted by atomic mass is 16.5. The molecule has 1 aliphatic carbocycles. The average Bonchev–Trinajstić information content (AvgIpc) is 3.42. The van der Waals surface area contributed by atoms with Gasteiger partial charge in [-0.2, -0.15) is 4.98 Å². The van der Waals surface area contributed by atoms with Crippen molar-refractivity contribution in [2.75, 3.05) is 13.2 Å². The van der Waals surface area contributed by atoms with E-state index in [1.807, 2.05) is 6.92 Å². The van der Waals surface area contributed by atoms with E-state index in [2.05, 4.69) is 9.88 Å². The number of aromatic nitrogens is 3. The highest BCUT2D eigenvalue weighted by Gasteiger charge is 2.41. The van der Waals surface area contributed by atoms with E-state index in [-0.39, 0.29) is 5.69 Å². The smallest absolute Gasteiger partial charge is 0.353 e. The van der Waals surface area contributed by atoms with Crippen molar-refractivity contribution in [3.63, 3.8) is 0 Å². The molecule has 1 aromatic rings. The molecule has 0 amide bonds. The third kappa shape index (κ3) is 4.04. The number of hydrogen-bond donors (Lipinski definition) is 0. The Morgan fingerprint density at radius 2 is 1.74 bits per heavy atom. The molecule has 27 heavy (non-hydrogen) atoms. The minimum Gasteiger partial charge on any atom is -0.378 e. The van der Waals surface area contributed by atoms with Gasteiger partial charge in [0.1, 0.15) is 5.82 Å². The number of hydrogen-bond acceptors (Lipinski definition) is 5. The Balaban J connectivity index is 1.32. The molecule has 3 fully saturated rings. The number of nitrogens with zero attached hydrogens (tertiary/aromatic N) is 4. The molecule has 3 aliphatic rings. The molecule has 150 valence electrons. The zero-order valence-corrected chi connectivity index (χ0v) is 16.6. The molecule has 0 aromatic carbocycles. The molecule has 2 saturated heterocycles. The molecule has 0 spiro atoms. The molecule has 0 radical (unpaired) electrons. The first-order valence-electron chi connectivity index (χ1n) is 10.6. The molecular weight excluding hydrogens is 344 g/mol. The summed E-state index contributed by atoms with van der Waals surface area (Å²) in [4.78, 5) is 31.2. The lowest BCUT2D eigenvalue weighted by atomic mass is 9.99. The van der Waals surface area contributed by atoms with Crippen LogP contribution in [0.2, 0.25) is 0 Å². The highest BCUT2D eigenvalue weighted by Crippen LogP contribution is 2.38. The first-order chi connectivity index (χ1) is 13.1. The monoisotopic (exact) mass is 376 g/mol. The summed E-state index contributed by atoms with van der Waals surface area (Å²) in [7, 11) is 0. The molecule has 3 heterocycles. The molecule has 7 nitrogen and oxygen atoms in total. The molecule has 1 saturated carbocycles. The lowest BCUT2D eigenvalue weighted by molar-refractivity contribution is -0.0242. The van der Waals surface area contributed by atoms with Gasteiger partial charge in [0, 0.05) is 38.3 Å². The number of piperidine rings is 1. The van der Waals surface area contributed by atoms with E-state index in [0.29, 0.717) is 37.1 Å². The van der Waals surface area contributed by atoms with Crippen molar-refractivity contribution in [2.45, 2.75) is 90.1 Å². The van der Waals surface area contributed by atoms with Gasteiger partial charge in [0.05, 0.1) is 6.10 Å².